The molecule has 26 heavy (non-hydrogen) atoms. The van der Waals surface area contributed by atoms with E-state index in [2.05, 4.69) is 5.32 Å². The Bertz CT molecular complexity index is 843. The molecule has 0 aromatic heterocycles. The van der Waals surface area contributed by atoms with Gasteiger partial charge in [-0.15, -0.1) is 0 Å². The van der Waals surface area contributed by atoms with Crippen LogP contribution in [0.3, 0.4) is 0 Å². The number of hydrogen-bond acceptors (Lipinski definition) is 4. The van der Waals surface area contributed by atoms with Gasteiger partial charge in [-0.2, -0.15) is 0 Å². The second-order valence-corrected chi connectivity index (χ2v) is 7.97. The Morgan fingerprint density at radius 3 is 1.65 bits per heavy atom. The third-order valence-electron chi connectivity index (χ3n) is 3.47. The van der Waals surface area contributed by atoms with Crippen molar-refractivity contribution in [2.45, 2.75) is 6.54 Å². The van der Waals surface area contributed by atoms with Gasteiger partial charge in [-0.25, -0.2) is 4.57 Å². The maximum Gasteiger partial charge on any atom is 0.489 e. The van der Waals surface area contributed by atoms with E-state index >= 15 is 0 Å². The highest BCUT2D eigenvalue weighted by molar-refractivity contribution is 7.97. The van der Waals surface area contributed by atoms with Gasteiger partial charge in [-0.1, -0.05) is 66.7 Å². The molecule has 0 atom stereocenters. The van der Waals surface area contributed by atoms with E-state index in [0.717, 1.165) is 5.56 Å². The van der Waals surface area contributed by atoms with Crippen LogP contribution in [0.5, 0.6) is 11.5 Å². The number of rotatable bonds is 7. The van der Waals surface area contributed by atoms with Gasteiger partial charge in [-0.3, -0.25) is 0 Å². The van der Waals surface area contributed by atoms with E-state index in [1.54, 1.807) is 48.5 Å². The fourth-order valence-corrected chi connectivity index (χ4v) is 3.78. The third-order valence-corrected chi connectivity index (χ3v) is 5.85. The van der Waals surface area contributed by atoms with E-state index in [1.807, 2.05) is 42.5 Å². The smallest absolute Gasteiger partial charge is 0.411 e. The van der Waals surface area contributed by atoms with E-state index in [4.69, 9.17) is 21.3 Å². The Balaban J connectivity index is 1.79. The average Bonchev–Trinajstić information content (AvgIpc) is 2.68. The second-order valence-electron chi connectivity index (χ2n) is 5.45. The average molecular weight is 383 g/mol. The van der Waals surface area contributed by atoms with Crippen LogP contribution in [0, 0.1) is 0 Å². The van der Waals surface area contributed by atoms with Crippen LogP contribution in [-0.2, 0) is 11.1 Å². The molecule has 132 valence electrons. The number of hydrogen-bond donors (Lipinski definition) is 1. The Labute approximate surface area is 158 Å². The van der Waals surface area contributed by atoms with E-state index < -0.39 is 7.60 Å². The zero-order valence-corrected chi connectivity index (χ0v) is 15.7. The van der Waals surface area contributed by atoms with Gasteiger partial charge < -0.3 is 14.4 Å². The van der Waals surface area contributed by atoms with Crippen molar-refractivity contribution in [2.75, 3.05) is 0 Å². The molecule has 0 bridgehead atoms. The van der Waals surface area contributed by atoms with Gasteiger partial charge in [0.1, 0.15) is 11.5 Å². The standard InChI is InChI=1S/C20H18NO3PS/c22-25(23-18-12-6-2-7-13-18,24-19-14-8-3-9-15-19)20(26)21-16-17-10-4-1-5-11-17/h1-15H,16H2,(H,21,26). The maximum absolute atomic E-state index is 13.4. The highest BCUT2D eigenvalue weighted by Gasteiger charge is 2.34. The summed E-state index contributed by atoms with van der Waals surface area (Å²) in [5.74, 6) is 0.853. The highest BCUT2D eigenvalue weighted by Crippen LogP contribution is 2.49. The molecule has 6 heteroatoms. The zero-order chi connectivity index (χ0) is 18.2. The quantitative estimate of drug-likeness (QED) is 0.436. The minimum Gasteiger partial charge on any atom is -0.411 e. The molecule has 4 nitrogen and oxygen atoms in total. The molecule has 3 aromatic rings. The van der Waals surface area contributed by atoms with Crippen LogP contribution >= 0.6 is 19.8 Å². The first-order valence-corrected chi connectivity index (χ1v) is 10.0. The minimum atomic E-state index is -3.77. The van der Waals surface area contributed by atoms with Gasteiger partial charge in [0.05, 0.1) is 0 Å². The zero-order valence-electron chi connectivity index (χ0n) is 13.9. The Hall–Kier alpha value is -2.62. The van der Waals surface area contributed by atoms with E-state index in [9.17, 15) is 4.57 Å². The molecule has 0 aliphatic heterocycles. The van der Waals surface area contributed by atoms with Crippen LogP contribution in [0.4, 0.5) is 0 Å². The molecule has 1 N–H and O–H groups in total. The SMILES string of the molecule is O=P(Oc1ccccc1)(Oc1ccccc1)C(=S)NCc1ccccc1. The lowest BCUT2D eigenvalue weighted by Crippen LogP contribution is -2.25. The first kappa shape index (κ1) is 18.2. The second kappa shape index (κ2) is 8.65. The van der Waals surface area contributed by atoms with Crippen LogP contribution in [0.25, 0.3) is 0 Å². The van der Waals surface area contributed by atoms with Gasteiger partial charge in [0, 0.05) is 6.54 Å². The predicted molar refractivity (Wildman–Crippen MR) is 108 cm³/mol. The molecule has 3 rings (SSSR count). The van der Waals surface area contributed by atoms with Crippen LogP contribution in [0.2, 0.25) is 0 Å². The Morgan fingerprint density at radius 2 is 1.19 bits per heavy atom. The molecule has 0 radical (unpaired) electrons. The molecule has 0 unspecified atom stereocenters. The lowest BCUT2D eigenvalue weighted by molar-refractivity contribution is 0.402. The summed E-state index contributed by atoms with van der Waals surface area (Å²) >= 11 is 5.36. The summed E-state index contributed by atoms with van der Waals surface area (Å²) in [7, 11) is -3.77. The molecule has 3 aromatic carbocycles. The number of thiocarbonyl (C=S) groups is 1. The maximum atomic E-state index is 13.4. The van der Waals surface area contributed by atoms with Gasteiger partial charge in [0.25, 0.3) is 0 Å². The molecule has 0 saturated heterocycles. The topological polar surface area (TPSA) is 47.6 Å². The molecule has 0 spiro atoms. The molecule has 0 amide bonds. The van der Waals surface area contributed by atoms with Crippen LogP contribution in [-0.4, -0.2) is 4.73 Å². The number of nitrogens with one attached hydrogen (secondary N) is 1. The fraction of sp³-hybridized carbons (Fsp3) is 0.0500. The molecular formula is C20H18NO3PS. The largest absolute Gasteiger partial charge is 0.489 e. The summed E-state index contributed by atoms with van der Waals surface area (Å²) < 4.78 is 24.8. The van der Waals surface area contributed by atoms with Crippen molar-refractivity contribution in [3.63, 3.8) is 0 Å². The molecule has 0 aliphatic rings. The Morgan fingerprint density at radius 1 is 0.769 bits per heavy atom. The van der Waals surface area contributed by atoms with Gasteiger partial charge >= 0.3 is 7.60 Å². The first-order valence-electron chi connectivity index (χ1n) is 8.07. The van der Waals surface area contributed by atoms with Gasteiger partial charge in [0.2, 0.25) is 4.73 Å². The summed E-state index contributed by atoms with van der Waals surface area (Å²) in [6.45, 7) is 0.431. The van der Waals surface area contributed by atoms with Crippen LogP contribution < -0.4 is 14.4 Å². The van der Waals surface area contributed by atoms with Crippen molar-refractivity contribution >= 4 is 24.5 Å². The van der Waals surface area contributed by atoms with Crippen LogP contribution in [0.1, 0.15) is 5.56 Å². The third kappa shape index (κ3) is 4.94. The molecular weight excluding hydrogens is 365 g/mol. The number of para-hydroxylation sites is 2. The van der Waals surface area contributed by atoms with E-state index in [0.29, 0.717) is 18.0 Å². The summed E-state index contributed by atoms with van der Waals surface area (Å²) in [4.78, 5) is 0. The highest BCUT2D eigenvalue weighted by atomic mass is 32.1. The van der Waals surface area contributed by atoms with E-state index in [1.165, 1.54) is 0 Å². The van der Waals surface area contributed by atoms with Crippen molar-refractivity contribution in [3.8, 4) is 11.5 Å². The number of benzene rings is 3. The predicted octanol–water partition coefficient (Wildman–Crippen LogP) is 5.41. The normalized spacial score (nSPS) is 10.8. The van der Waals surface area contributed by atoms with Crippen molar-refractivity contribution in [1.82, 2.24) is 5.32 Å². The lowest BCUT2D eigenvalue weighted by atomic mass is 10.2. The Kier molecular flexibility index (Phi) is 6.05. The molecule has 0 heterocycles. The molecule has 0 saturated carbocycles. The van der Waals surface area contributed by atoms with Crippen LogP contribution in [0.15, 0.2) is 91.0 Å². The van der Waals surface area contributed by atoms with Crippen molar-refractivity contribution < 1.29 is 13.6 Å². The summed E-state index contributed by atoms with van der Waals surface area (Å²) in [5, 5.41) is 3.00. The summed E-state index contributed by atoms with van der Waals surface area (Å²) in [6.07, 6.45) is 0. The summed E-state index contributed by atoms with van der Waals surface area (Å²) in [5.41, 5.74) is 1.01. The lowest BCUT2D eigenvalue weighted by Gasteiger charge is -2.21. The monoisotopic (exact) mass is 383 g/mol. The first-order chi connectivity index (χ1) is 12.7. The van der Waals surface area contributed by atoms with Gasteiger partial charge in [0.15, 0.2) is 0 Å². The fourth-order valence-electron chi connectivity index (χ4n) is 2.21. The van der Waals surface area contributed by atoms with Gasteiger partial charge in [-0.05, 0) is 42.0 Å². The van der Waals surface area contributed by atoms with Crippen molar-refractivity contribution in [2.24, 2.45) is 0 Å². The minimum absolute atomic E-state index is 0.0362. The molecule has 0 aliphatic carbocycles. The summed E-state index contributed by atoms with van der Waals surface area (Å²) in [6, 6.07) is 27.4. The molecule has 0 fully saturated rings. The van der Waals surface area contributed by atoms with Crippen molar-refractivity contribution in [3.05, 3.63) is 96.6 Å². The van der Waals surface area contributed by atoms with E-state index in [-0.39, 0.29) is 4.73 Å². The van der Waals surface area contributed by atoms with Crippen molar-refractivity contribution in [1.29, 1.82) is 0 Å².